The van der Waals surface area contributed by atoms with Crippen LogP contribution < -0.4 is 10.9 Å². The summed E-state index contributed by atoms with van der Waals surface area (Å²) in [5.41, 5.74) is -2.06. The van der Waals surface area contributed by atoms with Crippen LogP contribution in [0.5, 0.6) is 0 Å². The number of oxazole rings is 1. The predicted octanol–water partition coefficient (Wildman–Crippen LogP) is 6.05. The lowest BCUT2D eigenvalue weighted by Gasteiger charge is -2.24. The number of rotatable bonds is 9. The van der Waals surface area contributed by atoms with Gasteiger partial charge in [-0.05, 0) is 62.4 Å². The Morgan fingerprint density at radius 1 is 0.982 bits per heavy atom. The molecule has 3 heterocycles. The third-order valence-electron chi connectivity index (χ3n) is 8.20. The molecule has 0 aliphatic heterocycles. The first kappa shape index (κ1) is 40.9. The van der Waals surface area contributed by atoms with E-state index in [1.807, 2.05) is 21.1 Å². The van der Waals surface area contributed by atoms with E-state index >= 15 is 0 Å². The zero-order valence-corrected chi connectivity index (χ0v) is 31.9. The molecule has 0 aliphatic carbocycles. The molecule has 0 fully saturated rings. The van der Waals surface area contributed by atoms with Crippen LogP contribution in [-0.2, 0) is 35.4 Å². The van der Waals surface area contributed by atoms with E-state index in [2.05, 4.69) is 20.2 Å². The minimum Gasteiger partial charge on any atom is -0.744 e. The van der Waals surface area contributed by atoms with Gasteiger partial charge in [0.05, 0.1) is 67.6 Å². The van der Waals surface area contributed by atoms with Crippen molar-refractivity contribution in [2.45, 2.75) is 37.0 Å². The molecule has 0 saturated heterocycles. The fourth-order valence-electron chi connectivity index (χ4n) is 5.69. The Hall–Kier alpha value is -6.29. The molecule has 0 saturated carbocycles. The van der Waals surface area contributed by atoms with Crippen LogP contribution in [0.15, 0.2) is 111 Å². The van der Waals surface area contributed by atoms with Gasteiger partial charge in [0.15, 0.2) is 11.4 Å². The largest absolute Gasteiger partial charge is 0.744 e. The van der Waals surface area contributed by atoms with E-state index in [0.717, 1.165) is 16.8 Å². The van der Waals surface area contributed by atoms with Crippen LogP contribution in [0, 0.1) is 6.57 Å². The number of amides is 1. The van der Waals surface area contributed by atoms with Crippen molar-refractivity contribution >= 4 is 21.7 Å². The Kier molecular flexibility index (Phi) is 11.3. The number of aromatic nitrogens is 5. The fraction of sp³-hybridized carbons (Fsp3) is 0.237. The van der Waals surface area contributed by atoms with Gasteiger partial charge in [0, 0.05) is 7.05 Å². The van der Waals surface area contributed by atoms with Crippen LogP contribution in [0.1, 0.15) is 41.4 Å². The van der Waals surface area contributed by atoms with E-state index < -0.39 is 38.9 Å². The predicted molar refractivity (Wildman–Crippen MR) is 198 cm³/mol. The molecule has 3 aromatic heterocycles. The van der Waals surface area contributed by atoms with Crippen molar-refractivity contribution in [3.63, 3.8) is 0 Å². The van der Waals surface area contributed by atoms with Gasteiger partial charge in [-0.25, -0.2) is 27.6 Å². The maximum atomic E-state index is 14.1. The van der Waals surface area contributed by atoms with Crippen LogP contribution in [-0.4, -0.2) is 68.6 Å². The number of hydrogen-bond acceptors (Lipinski definition) is 8. The van der Waals surface area contributed by atoms with Gasteiger partial charge in [0.2, 0.25) is 5.89 Å². The van der Waals surface area contributed by atoms with E-state index in [1.54, 1.807) is 56.4 Å². The molecular formula is C38H37F3N8O6S. The highest BCUT2D eigenvalue weighted by Crippen LogP contribution is 2.32. The van der Waals surface area contributed by atoms with E-state index in [0.29, 0.717) is 33.9 Å². The van der Waals surface area contributed by atoms with Crippen molar-refractivity contribution in [1.29, 1.82) is 0 Å². The Morgan fingerprint density at radius 2 is 1.64 bits per heavy atom. The van der Waals surface area contributed by atoms with E-state index in [-0.39, 0.29) is 27.7 Å². The first-order chi connectivity index (χ1) is 26.1. The number of carbonyl (C=O) groups excluding carboxylic acids is 1. The quantitative estimate of drug-likeness (QED) is 0.105. The van der Waals surface area contributed by atoms with Gasteiger partial charge in [-0.2, -0.15) is 18.3 Å². The average molecular weight is 791 g/mol. The first-order valence-electron chi connectivity index (χ1n) is 16.7. The highest BCUT2D eigenvalue weighted by molar-refractivity contribution is 7.85. The van der Waals surface area contributed by atoms with Crippen molar-refractivity contribution in [1.82, 2.24) is 29.4 Å². The number of nitrogens with zero attached hydrogens (tertiary/aromatic N) is 7. The third-order valence-corrected chi connectivity index (χ3v) is 9.05. The second-order valence-corrected chi connectivity index (χ2v) is 15.5. The second kappa shape index (κ2) is 15.5. The van der Waals surface area contributed by atoms with E-state index in [9.17, 15) is 35.7 Å². The van der Waals surface area contributed by atoms with E-state index in [1.165, 1.54) is 59.0 Å². The zero-order valence-electron chi connectivity index (χ0n) is 31.1. The summed E-state index contributed by atoms with van der Waals surface area (Å²) in [5.74, 6) is 0.0176. The van der Waals surface area contributed by atoms with Gasteiger partial charge in [-0.15, -0.1) is 0 Å². The number of benzene rings is 3. The normalized spacial score (nSPS) is 12.1. The van der Waals surface area contributed by atoms with Crippen LogP contribution >= 0.6 is 0 Å². The molecule has 0 bridgehead atoms. The lowest BCUT2D eigenvalue weighted by atomic mass is 10.0. The highest BCUT2D eigenvalue weighted by Gasteiger charge is 2.35. The molecule has 0 atom stereocenters. The Labute approximate surface area is 320 Å². The molecule has 6 aromatic rings. The minimum atomic E-state index is -4.66. The van der Waals surface area contributed by atoms with E-state index in [4.69, 9.17) is 11.0 Å². The number of carbonyl (C=O) groups is 1. The molecule has 0 radical (unpaired) electrons. The highest BCUT2D eigenvalue weighted by atomic mass is 32.2. The summed E-state index contributed by atoms with van der Waals surface area (Å²) >= 11 is 0. The Morgan fingerprint density at radius 3 is 2.21 bits per heavy atom. The second-order valence-electron chi connectivity index (χ2n) is 14.1. The molecule has 3 aromatic carbocycles. The van der Waals surface area contributed by atoms with Crippen LogP contribution in [0.3, 0.4) is 0 Å². The summed E-state index contributed by atoms with van der Waals surface area (Å²) in [5, 5.41) is 7.22. The van der Waals surface area contributed by atoms with Crippen molar-refractivity contribution in [3.8, 4) is 22.8 Å². The maximum absolute atomic E-state index is 14.1. The molecule has 292 valence electrons. The van der Waals surface area contributed by atoms with Gasteiger partial charge in [0.25, 0.3) is 11.5 Å². The van der Waals surface area contributed by atoms with Crippen molar-refractivity contribution in [2.24, 2.45) is 7.05 Å². The number of hydrogen-bond donors (Lipinski definition) is 1. The lowest BCUT2D eigenvalue weighted by Crippen LogP contribution is -2.43. The number of nitrogens with one attached hydrogen (secondary N) is 1. The molecule has 6 rings (SSSR count). The van der Waals surface area contributed by atoms with Crippen LogP contribution in [0.25, 0.3) is 27.6 Å². The van der Waals surface area contributed by atoms with Crippen LogP contribution in [0.2, 0.25) is 0 Å². The standard InChI is InChI=1S/C32H31F3N8O3.C6H6O3S/c1-31(2,30-37-18-24(46-30)19-43(5,6)7)39-28(44)26-27(25-15-16-38-41(25)22-13-11-21(36-3)12-14-22)40(4)42(29(26)45)23-10-8-9-20(17-23)32(33,34)35;7-10(8,9)6-4-2-1-3-5-6/h8-18H,19H2,1-2,4-7H3;1-5H,(H,7,8,9). The van der Waals surface area contributed by atoms with Crippen LogP contribution in [0.4, 0.5) is 18.9 Å². The van der Waals surface area contributed by atoms with Crippen molar-refractivity contribution in [3.05, 3.63) is 142 Å². The SMILES string of the molecule is O=S(=O)([O-])c1ccccc1.[C-]#[N+]c1ccc(-n2nccc2-c2c(C(=O)NC(C)(C)c3ncc(C[N+](C)(C)C)o3)c(=O)n(-c3cccc(C(F)(F)F)c3)n2C)cc1. The summed E-state index contributed by atoms with van der Waals surface area (Å²) in [6, 6.07) is 19.6. The van der Waals surface area contributed by atoms with Gasteiger partial charge < -0.3 is 18.8 Å². The summed E-state index contributed by atoms with van der Waals surface area (Å²) < 4.78 is 82.1. The molecule has 0 spiro atoms. The minimum absolute atomic E-state index is 0.0907. The fourth-order valence-corrected chi connectivity index (χ4v) is 6.18. The molecule has 14 nitrogen and oxygen atoms in total. The van der Waals surface area contributed by atoms with Crippen molar-refractivity contribution < 1.29 is 39.8 Å². The Bertz CT molecular complexity index is 2580. The summed E-state index contributed by atoms with van der Waals surface area (Å²) in [7, 11) is 3.20. The molecule has 56 heavy (non-hydrogen) atoms. The lowest BCUT2D eigenvalue weighted by molar-refractivity contribution is -0.884. The summed E-state index contributed by atoms with van der Waals surface area (Å²) in [6.45, 7) is 11.1. The monoisotopic (exact) mass is 790 g/mol. The molecule has 1 N–H and O–H groups in total. The van der Waals surface area contributed by atoms with Gasteiger partial charge in [-0.1, -0.05) is 36.4 Å². The molecule has 0 unspecified atom stereocenters. The van der Waals surface area contributed by atoms with Gasteiger partial charge >= 0.3 is 6.18 Å². The molecule has 0 aliphatic rings. The summed E-state index contributed by atoms with van der Waals surface area (Å²) in [6.07, 6.45) is -1.61. The average Bonchev–Trinajstić information content (AvgIpc) is 3.85. The maximum Gasteiger partial charge on any atom is 0.416 e. The third kappa shape index (κ3) is 9.14. The number of alkyl halides is 3. The topological polar surface area (TPSA) is 161 Å². The number of quaternary nitrogens is 1. The van der Waals surface area contributed by atoms with Gasteiger partial charge in [0.1, 0.15) is 33.5 Å². The number of halogens is 3. The van der Waals surface area contributed by atoms with Gasteiger partial charge in [-0.3, -0.25) is 14.3 Å². The first-order valence-corrected chi connectivity index (χ1v) is 18.1. The molecule has 1 amide bonds. The Balaban J connectivity index is 0.000000522. The smallest absolute Gasteiger partial charge is 0.416 e. The molecule has 18 heteroatoms. The molecular weight excluding hydrogens is 754 g/mol. The zero-order chi connectivity index (χ0) is 41.2. The summed E-state index contributed by atoms with van der Waals surface area (Å²) in [4.78, 5) is 35.8. The van der Waals surface area contributed by atoms with Crippen molar-refractivity contribution in [2.75, 3.05) is 21.1 Å².